The van der Waals surface area contributed by atoms with Gasteiger partial charge in [-0.15, -0.1) is 0 Å². The molecule has 0 spiro atoms. The fourth-order valence-corrected chi connectivity index (χ4v) is 7.50. The first-order valence-electron chi connectivity index (χ1n) is 16.5. The van der Waals surface area contributed by atoms with E-state index in [0.717, 1.165) is 31.2 Å². The van der Waals surface area contributed by atoms with Crippen molar-refractivity contribution >= 4 is 17.8 Å². The smallest absolute Gasteiger partial charge is 0.320 e. The average Bonchev–Trinajstić information content (AvgIpc) is 3.88. The van der Waals surface area contributed by atoms with Gasteiger partial charge in [-0.3, -0.25) is 14.4 Å². The number of carbonyl (C=O) groups excluding carboxylic acids is 3. The SMILES string of the molecule is COC(=O)[C@]12C[C@H](CC(=O)NCC3CCCCC3)C(=O)N(CCc3ccc(OC)c(OC)c3)C1=C[C@H](C(C)C)O[C@@H]2C1CC1. The van der Waals surface area contributed by atoms with Crippen molar-refractivity contribution in [1.29, 1.82) is 0 Å². The third kappa shape index (κ3) is 6.63. The maximum absolute atomic E-state index is 14.4. The van der Waals surface area contributed by atoms with Crippen LogP contribution in [0.4, 0.5) is 0 Å². The highest BCUT2D eigenvalue weighted by Crippen LogP contribution is 2.56. The molecule has 2 amide bonds. The highest BCUT2D eigenvalue weighted by atomic mass is 16.5. The molecule has 2 saturated carbocycles. The number of rotatable bonds is 12. The second-order valence-electron chi connectivity index (χ2n) is 13.5. The molecular weight excluding hydrogens is 560 g/mol. The van der Waals surface area contributed by atoms with Gasteiger partial charge in [-0.2, -0.15) is 0 Å². The molecule has 3 fully saturated rings. The van der Waals surface area contributed by atoms with Crippen LogP contribution in [0.15, 0.2) is 30.0 Å². The average molecular weight is 611 g/mol. The summed E-state index contributed by atoms with van der Waals surface area (Å²) in [5.41, 5.74) is 0.495. The molecule has 2 aliphatic heterocycles. The molecule has 5 rings (SSSR count). The summed E-state index contributed by atoms with van der Waals surface area (Å²) in [5.74, 6) is 0.791. The van der Waals surface area contributed by atoms with E-state index >= 15 is 0 Å². The summed E-state index contributed by atoms with van der Waals surface area (Å²) >= 11 is 0. The van der Waals surface area contributed by atoms with Crippen molar-refractivity contribution in [2.45, 2.75) is 90.3 Å². The summed E-state index contributed by atoms with van der Waals surface area (Å²) in [6.45, 7) is 5.17. The third-order valence-electron chi connectivity index (χ3n) is 10.1. The summed E-state index contributed by atoms with van der Waals surface area (Å²) in [7, 11) is 4.60. The van der Waals surface area contributed by atoms with Gasteiger partial charge in [0.25, 0.3) is 0 Å². The molecule has 4 atom stereocenters. The van der Waals surface area contributed by atoms with Crippen molar-refractivity contribution in [3.63, 3.8) is 0 Å². The predicted molar refractivity (Wildman–Crippen MR) is 166 cm³/mol. The lowest BCUT2D eigenvalue weighted by molar-refractivity contribution is -0.182. The van der Waals surface area contributed by atoms with E-state index in [1.165, 1.54) is 26.4 Å². The van der Waals surface area contributed by atoms with Crippen molar-refractivity contribution in [3.05, 3.63) is 35.5 Å². The van der Waals surface area contributed by atoms with Gasteiger partial charge in [0, 0.05) is 31.1 Å². The Kier molecular flexibility index (Phi) is 10.2. The Morgan fingerprint density at radius 2 is 1.77 bits per heavy atom. The fraction of sp³-hybridized carbons (Fsp3) is 0.686. The van der Waals surface area contributed by atoms with Gasteiger partial charge < -0.3 is 29.2 Å². The first-order chi connectivity index (χ1) is 21.2. The van der Waals surface area contributed by atoms with Crippen LogP contribution in [-0.4, -0.2) is 69.3 Å². The van der Waals surface area contributed by atoms with Crippen LogP contribution in [0.3, 0.4) is 0 Å². The predicted octanol–water partition coefficient (Wildman–Crippen LogP) is 5.06. The van der Waals surface area contributed by atoms with Gasteiger partial charge in [-0.05, 0) is 80.1 Å². The summed E-state index contributed by atoms with van der Waals surface area (Å²) in [6, 6.07) is 5.73. The molecule has 0 radical (unpaired) electrons. The summed E-state index contributed by atoms with van der Waals surface area (Å²) in [5, 5.41) is 3.11. The van der Waals surface area contributed by atoms with Crippen LogP contribution >= 0.6 is 0 Å². The van der Waals surface area contributed by atoms with Crippen molar-refractivity contribution in [2.24, 2.45) is 29.1 Å². The van der Waals surface area contributed by atoms with Crippen LogP contribution in [0, 0.1) is 29.1 Å². The number of hydrogen-bond acceptors (Lipinski definition) is 7. The van der Waals surface area contributed by atoms with Crippen LogP contribution in [0.5, 0.6) is 11.5 Å². The van der Waals surface area contributed by atoms with Gasteiger partial charge in [0.15, 0.2) is 11.5 Å². The van der Waals surface area contributed by atoms with Crippen LogP contribution in [0.1, 0.15) is 77.2 Å². The Balaban J connectivity index is 1.47. The van der Waals surface area contributed by atoms with Gasteiger partial charge in [-0.25, -0.2) is 0 Å². The van der Waals surface area contributed by atoms with Gasteiger partial charge in [-0.1, -0.05) is 39.2 Å². The third-order valence-corrected chi connectivity index (χ3v) is 10.1. The first kappa shape index (κ1) is 32.3. The standard InChI is InChI=1S/C35H50N2O7/c1-22(2)28-19-30-35(34(40)43-5,32(44-28)25-12-13-25)20-26(18-31(38)36-21-24-9-7-6-8-10-24)33(39)37(30)16-15-23-11-14-27(41-3)29(17-23)42-4/h11,14,17,19,22,24-26,28,32H,6-10,12-13,15-16,18,20-21H2,1-5H3,(H,36,38)/t26-,28+,32+,35+/m0/s1. The number of methoxy groups -OCH3 is 3. The molecule has 0 unspecified atom stereocenters. The molecule has 0 bridgehead atoms. The molecule has 1 aromatic rings. The highest BCUT2D eigenvalue weighted by molar-refractivity contribution is 5.93. The normalized spacial score (nSPS) is 27.4. The molecule has 2 heterocycles. The van der Waals surface area contributed by atoms with Crippen molar-refractivity contribution in [2.75, 3.05) is 34.4 Å². The Hall–Kier alpha value is -3.07. The maximum atomic E-state index is 14.4. The van der Waals surface area contributed by atoms with E-state index < -0.39 is 17.4 Å². The van der Waals surface area contributed by atoms with Crippen molar-refractivity contribution < 1.29 is 33.3 Å². The summed E-state index contributed by atoms with van der Waals surface area (Å²) < 4.78 is 23.1. The van der Waals surface area contributed by atoms with E-state index in [1.807, 2.05) is 24.3 Å². The molecule has 0 aromatic heterocycles. The summed E-state index contributed by atoms with van der Waals surface area (Å²) in [6.07, 6.45) is 9.96. The van der Waals surface area contributed by atoms with E-state index in [4.69, 9.17) is 18.9 Å². The van der Waals surface area contributed by atoms with Crippen LogP contribution < -0.4 is 14.8 Å². The lowest BCUT2D eigenvalue weighted by Crippen LogP contribution is -2.62. The lowest BCUT2D eigenvalue weighted by atomic mass is 9.64. The Morgan fingerprint density at radius 3 is 2.41 bits per heavy atom. The first-order valence-corrected chi connectivity index (χ1v) is 16.5. The van der Waals surface area contributed by atoms with Crippen LogP contribution in [0.2, 0.25) is 0 Å². The number of hydrogen-bond donors (Lipinski definition) is 1. The number of ether oxygens (including phenoxy) is 4. The topological polar surface area (TPSA) is 103 Å². The van der Waals surface area contributed by atoms with Gasteiger partial charge in [0.2, 0.25) is 11.8 Å². The number of fused-ring (bicyclic) bond motifs is 1. The van der Waals surface area contributed by atoms with Gasteiger partial charge >= 0.3 is 5.97 Å². The quantitative estimate of drug-likeness (QED) is 0.330. The molecule has 1 saturated heterocycles. The molecule has 4 aliphatic rings. The number of esters is 1. The number of likely N-dealkylation sites (tertiary alicyclic amines) is 1. The van der Waals surface area contributed by atoms with E-state index in [9.17, 15) is 14.4 Å². The minimum absolute atomic E-state index is 0.0371. The van der Waals surface area contributed by atoms with Crippen molar-refractivity contribution in [1.82, 2.24) is 10.2 Å². The number of amides is 2. The maximum Gasteiger partial charge on any atom is 0.320 e. The molecule has 44 heavy (non-hydrogen) atoms. The largest absolute Gasteiger partial charge is 0.493 e. The molecule has 1 aromatic carbocycles. The Labute approximate surface area is 262 Å². The molecule has 242 valence electrons. The van der Waals surface area contributed by atoms with E-state index in [1.54, 1.807) is 19.1 Å². The van der Waals surface area contributed by atoms with E-state index in [0.29, 0.717) is 42.6 Å². The molecule has 9 heteroatoms. The zero-order valence-corrected chi connectivity index (χ0v) is 27.1. The van der Waals surface area contributed by atoms with Crippen LogP contribution in [-0.2, 0) is 30.3 Å². The van der Waals surface area contributed by atoms with Gasteiger partial charge in [0.1, 0.15) is 5.41 Å². The minimum atomic E-state index is -1.15. The Morgan fingerprint density at radius 1 is 1.05 bits per heavy atom. The zero-order valence-electron chi connectivity index (χ0n) is 27.1. The molecule has 9 nitrogen and oxygen atoms in total. The number of nitrogens with one attached hydrogen (secondary N) is 1. The minimum Gasteiger partial charge on any atom is -0.493 e. The molecular formula is C35H50N2O7. The number of nitrogens with zero attached hydrogens (tertiary/aromatic N) is 1. The van der Waals surface area contributed by atoms with E-state index in [2.05, 4.69) is 19.2 Å². The summed E-state index contributed by atoms with van der Waals surface area (Å²) in [4.78, 5) is 43.4. The monoisotopic (exact) mass is 610 g/mol. The number of benzene rings is 1. The fourth-order valence-electron chi connectivity index (χ4n) is 7.50. The lowest BCUT2D eigenvalue weighted by Gasteiger charge is -2.53. The number of piperidine rings is 1. The zero-order chi connectivity index (χ0) is 31.4. The Bertz CT molecular complexity index is 1240. The highest BCUT2D eigenvalue weighted by Gasteiger charge is 2.63. The van der Waals surface area contributed by atoms with Gasteiger partial charge in [0.05, 0.1) is 33.5 Å². The molecule has 1 N–H and O–H groups in total. The van der Waals surface area contributed by atoms with Crippen LogP contribution in [0.25, 0.3) is 0 Å². The second-order valence-corrected chi connectivity index (χ2v) is 13.5. The number of carbonyl (C=O) groups is 3. The van der Waals surface area contributed by atoms with E-state index in [-0.39, 0.29) is 48.6 Å². The van der Waals surface area contributed by atoms with Crippen molar-refractivity contribution in [3.8, 4) is 11.5 Å². The second kappa shape index (κ2) is 13.9. The molecule has 2 aliphatic carbocycles.